The summed E-state index contributed by atoms with van der Waals surface area (Å²) in [5.74, 6) is 0. The monoisotopic (exact) mass is 615 g/mol. The highest BCUT2D eigenvalue weighted by Gasteiger charge is 2.20. The van der Waals surface area contributed by atoms with Crippen molar-refractivity contribution in [1.29, 1.82) is 5.26 Å². The lowest BCUT2D eigenvalue weighted by Gasteiger charge is -2.16. The number of para-hydroxylation sites is 3. The molecule has 10 rings (SSSR count). The summed E-state index contributed by atoms with van der Waals surface area (Å²) < 4.78 is 7.42. The molecule has 0 saturated carbocycles. The minimum atomic E-state index is 0.648. The molecule has 3 heterocycles. The number of hydrogen-bond acceptors (Lipinski definition) is 2. The van der Waals surface area contributed by atoms with Crippen molar-refractivity contribution in [2.24, 2.45) is 0 Å². The summed E-state index contributed by atoms with van der Waals surface area (Å²) in [5.41, 5.74) is 9.59. The molecule has 218 valence electrons. The van der Waals surface area contributed by atoms with Gasteiger partial charge in [-0.3, -0.25) is 0 Å². The molecule has 3 aromatic heterocycles. The summed E-state index contributed by atoms with van der Waals surface area (Å²) >= 11 is 1.85. The second kappa shape index (κ2) is 9.92. The number of rotatable bonds is 3. The van der Waals surface area contributed by atoms with Gasteiger partial charge in [-0.25, -0.2) is 0 Å². The van der Waals surface area contributed by atoms with Crippen molar-refractivity contribution in [3.63, 3.8) is 0 Å². The van der Waals surface area contributed by atoms with Crippen LogP contribution in [0.1, 0.15) is 5.56 Å². The summed E-state index contributed by atoms with van der Waals surface area (Å²) in [6.45, 7) is 0. The van der Waals surface area contributed by atoms with Crippen molar-refractivity contribution in [1.82, 2.24) is 9.13 Å². The molecule has 0 unspecified atom stereocenters. The molecule has 0 saturated heterocycles. The number of benzene rings is 7. The molecule has 0 aliphatic heterocycles. The van der Waals surface area contributed by atoms with Crippen LogP contribution in [0, 0.1) is 11.3 Å². The quantitative estimate of drug-likeness (QED) is 0.195. The lowest BCUT2D eigenvalue weighted by Crippen LogP contribution is -2.00. The van der Waals surface area contributed by atoms with E-state index in [2.05, 4.69) is 149 Å². The number of fused-ring (bicyclic) bond motifs is 10. The van der Waals surface area contributed by atoms with Gasteiger partial charge in [0.2, 0.25) is 0 Å². The van der Waals surface area contributed by atoms with Crippen molar-refractivity contribution in [2.45, 2.75) is 0 Å². The van der Waals surface area contributed by atoms with Gasteiger partial charge >= 0.3 is 0 Å². The van der Waals surface area contributed by atoms with E-state index < -0.39 is 0 Å². The fourth-order valence-corrected chi connectivity index (χ4v) is 8.63. The zero-order chi connectivity index (χ0) is 31.1. The van der Waals surface area contributed by atoms with Crippen LogP contribution in [0.2, 0.25) is 0 Å². The Kier molecular flexibility index (Phi) is 5.51. The second-order valence-electron chi connectivity index (χ2n) is 12.1. The van der Waals surface area contributed by atoms with Gasteiger partial charge in [-0.05, 0) is 71.8 Å². The molecule has 0 fully saturated rings. The summed E-state index contributed by atoms with van der Waals surface area (Å²) in [5, 5.41) is 17.3. The lowest BCUT2D eigenvalue weighted by atomic mass is 10.0. The van der Waals surface area contributed by atoms with E-state index in [0.717, 1.165) is 33.5 Å². The first-order valence-electron chi connectivity index (χ1n) is 15.7. The third-order valence-electron chi connectivity index (χ3n) is 9.50. The predicted molar refractivity (Wildman–Crippen MR) is 198 cm³/mol. The van der Waals surface area contributed by atoms with E-state index in [1.165, 1.54) is 52.8 Å². The van der Waals surface area contributed by atoms with Crippen LogP contribution in [0.25, 0.3) is 86.3 Å². The third kappa shape index (κ3) is 3.78. The zero-order valence-electron chi connectivity index (χ0n) is 25.2. The van der Waals surface area contributed by atoms with Crippen molar-refractivity contribution in [3.8, 4) is 28.6 Å². The standard InChI is InChI=1S/C43H25N3S/c44-26-27-10-9-11-28(22-27)29-23-30(45-37-16-5-1-12-32(37)33-13-2-6-17-38(33)45)25-31(24-29)46-39-18-7-3-14-34(39)35-20-21-41-42(43(35)46)36-15-4-8-19-40(36)47-41/h1-25H. The molecule has 7 aromatic carbocycles. The van der Waals surface area contributed by atoms with Crippen molar-refractivity contribution in [2.75, 3.05) is 0 Å². The number of nitriles is 1. The summed E-state index contributed by atoms with van der Waals surface area (Å²) in [4.78, 5) is 0. The normalized spacial score (nSPS) is 11.8. The van der Waals surface area contributed by atoms with Gasteiger partial charge in [0.15, 0.2) is 0 Å². The van der Waals surface area contributed by atoms with Crippen molar-refractivity contribution < 1.29 is 0 Å². The maximum absolute atomic E-state index is 9.80. The van der Waals surface area contributed by atoms with Gasteiger partial charge in [-0.1, -0.05) is 91.0 Å². The molecule has 4 heteroatoms. The molecule has 0 spiro atoms. The molecular formula is C43H25N3S. The molecule has 0 bridgehead atoms. The largest absolute Gasteiger partial charge is 0.309 e. The van der Waals surface area contributed by atoms with E-state index in [0.29, 0.717) is 5.56 Å². The molecule has 3 nitrogen and oxygen atoms in total. The molecule has 0 atom stereocenters. The van der Waals surface area contributed by atoms with Gasteiger partial charge in [0.05, 0.1) is 33.7 Å². The number of aromatic nitrogens is 2. The minimum Gasteiger partial charge on any atom is -0.309 e. The fourth-order valence-electron chi connectivity index (χ4n) is 7.52. The second-order valence-corrected chi connectivity index (χ2v) is 13.2. The Morgan fingerprint density at radius 1 is 0.447 bits per heavy atom. The van der Waals surface area contributed by atoms with Gasteiger partial charge < -0.3 is 9.13 Å². The highest BCUT2D eigenvalue weighted by Crippen LogP contribution is 2.44. The third-order valence-corrected chi connectivity index (χ3v) is 10.6. The Morgan fingerprint density at radius 3 is 1.74 bits per heavy atom. The fraction of sp³-hybridized carbons (Fsp3) is 0. The van der Waals surface area contributed by atoms with Crippen LogP contribution in [-0.4, -0.2) is 9.13 Å². The van der Waals surface area contributed by atoms with Crippen LogP contribution in [0.5, 0.6) is 0 Å². The van der Waals surface area contributed by atoms with Crippen LogP contribution in [0.4, 0.5) is 0 Å². The molecule has 47 heavy (non-hydrogen) atoms. The van der Waals surface area contributed by atoms with Crippen molar-refractivity contribution in [3.05, 3.63) is 157 Å². The zero-order valence-corrected chi connectivity index (χ0v) is 26.0. The number of thiophene rings is 1. The molecule has 0 aliphatic carbocycles. The van der Waals surface area contributed by atoms with E-state index >= 15 is 0 Å². The first-order chi connectivity index (χ1) is 23.3. The van der Waals surface area contributed by atoms with Crippen LogP contribution in [-0.2, 0) is 0 Å². The summed E-state index contributed by atoms with van der Waals surface area (Å²) in [6.07, 6.45) is 0. The average Bonchev–Trinajstić information content (AvgIpc) is 3.79. The molecule has 0 aliphatic rings. The predicted octanol–water partition coefficient (Wildman–Crippen LogP) is 11.8. The molecule has 10 aromatic rings. The Balaban J connectivity index is 1.38. The molecule has 0 N–H and O–H groups in total. The van der Waals surface area contributed by atoms with Gasteiger partial charge in [0.25, 0.3) is 0 Å². The lowest BCUT2D eigenvalue weighted by molar-refractivity contribution is 1.14. The topological polar surface area (TPSA) is 33.6 Å². The summed E-state index contributed by atoms with van der Waals surface area (Å²) in [6, 6.07) is 56.5. The molecule has 0 amide bonds. The highest BCUT2D eigenvalue weighted by molar-refractivity contribution is 7.26. The van der Waals surface area contributed by atoms with E-state index in [9.17, 15) is 5.26 Å². The first kappa shape index (κ1) is 26.1. The van der Waals surface area contributed by atoms with Gasteiger partial charge in [-0.2, -0.15) is 5.26 Å². The Morgan fingerprint density at radius 2 is 1.04 bits per heavy atom. The smallest absolute Gasteiger partial charge is 0.0991 e. The highest BCUT2D eigenvalue weighted by atomic mass is 32.1. The van der Waals surface area contributed by atoms with E-state index in [1.54, 1.807) is 0 Å². The number of nitrogens with zero attached hydrogens (tertiary/aromatic N) is 3. The molecular weight excluding hydrogens is 591 g/mol. The maximum Gasteiger partial charge on any atom is 0.0991 e. The summed E-state index contributed by atoms with van der Waals surface area (Å²) in [7, 11) is 0. The Bertz CT molecular complexity index is 2880. The average molecular weight is 616 g/mol. The van der Waals surface area contributed by atoms with E-state index in [4.69, 9.17) is 0 Å². The van der Waals surface area contributed by atoms with Gasteiger partial charge in [0, 0.05) is 53.1 Å². The van der Waals surface area contributed by atoms with Crippen LogP contribution >= 0.6 is 11.3 Å². The van der Waals surface area contributed by atoms with Crippen LogP contribution < -0.4 is 0 Å². The van der Waals surface area contributed by atoms with Crippen molar-refractivity contribution >= 4 is 75.1 Å². The van der Waals surface area contributed by atoms with E-state index in [-0.39, 0.29) is 0 Å². The minimum absolute atomic E-state index is 0.648. The Labute approximate surface area is 274 Å². The Hall–Kier alpha value is -6.15. The van der Waals surface area contributed by atoms with E-state index in [1.807, 2.05) is 29.5 Å². The first-order valence-corrected chi connectivity index (χ1v) is 16.6. The van der Waals surface area contributed by atoms with Gasteiger partial charge in [0.1, 0.15) is 0 Å². The van der Waals surface area contributed by atoms with Crippen LogP contribution in [0.3, 0.4) is 0 Å². The number of hydrogen-bond donors (Lipinski definition) is 0. The molecule has 0 radical (unpaired) electrons. The SMILES string of the molecule is N#Cc1cccc(-c2cc(-n3c4ccccc4c4ccccc43)cc(-n3c4ccccc4c4ccc5sc6ccccc6c5c43)c2)c1. The van der Waals surface area contributed by atoms with Crippen LogP contribution in [0.15, 0.2) is 152 Å². The van der Waals surface area contributed by atoms with Gasteiger partial charge in [-0.15, -0.1) is 11.3 Å². The maximum atomic E-state index is 9.80.